The highest BCUT2D eigenvalue weighted by atomic mass is 16.5. The summed E-state index contributed by atoms with van der Waals surface area (Å²) in [4.78, 5) is 0. The topological polar surface area (TPSA) is 9.23 Å². The molecule has 0 amide bonds. The molecule has 1 aliphatic rings. The van der Waals surface area contributed by atoms with Crippen molar-refractivity contribution in [3.8, 4) is 0 Å². The highest BCUT2D eigenvalue weighted by Gasteiger charge is 2.10. The molecule has 1 fully saturated rings. The van der Waals surface area contributed by atoms with E-state index in [0.717, 1.165) is 19.0 Å². The van der Waals surface area contributed by atoms with Gasteiger partial charge in [-0.1, -0.05) is 12.6 Å². The molecular weight excluding hydrogens is 98.9 g/mol. The molecule has 0 aromatic heterocycles. The van der Waals surface area contributed by atoms with Gasteiger partial charge in [-0.2, -0.15) is 0 Å². The van der Waals surface area contributed by atoms with Crippen LogP contribution in [0.5, 0.6) is 0 Å². The lowest BCUT2D eigenvalue weighted by Gasteiger charge is -2.19. The number of hydrogen-bond acceptors (Lipinski definition) is 1. The maximum absolute atomic E-state index is 5.18. The van der Waals surface area contributed by atoms with Gasteiger partial charge in [0.25, 0.3) is 0 Å². The molecule has 1 saturated heterocycles. The summed E-state index contributed by atoms with van der Waals surface area (Å²) < 4.78 is 5.18. The summed E-state index contributed by atoms with van der Waals surface area (Å²) in [5.41, 5.74) is 0. The van der Waals surface area contributed by atoms with Crippen LogP contribution in [0.2, 0.25) is 12.6 Å². The van der Waals surface area contributed by atoms with Gasteiger partial charge in [-0.25, -0.2) is 0 Å². The van der Waals surface area contributed by atoms with Crippen LogP contribution in [0.1, 0.15) is 12.8 Å². The minimum atomic E-state index is 0.837. The normalized spacial score (nSPS) is 23.1. The van der Waals surface area contributed by atoms with Crippen LogP contribution in [-0.4, -0.2) is 20.5 Å². The van der Waals surface area contributed by atoms with E-state index < -0.39 is 0 Å². The third-order valence-corrected chi connectivity index (χ3v) is 1.74. The fourth-order valence-electron chi connectivity index (χ4n) is 1.05. The molecule has 2 heteroatoms. The fraction of sp³-hybridized carbons (Fsp3) is 1.00. The van der Waals surface area contributed by atoms with Crippen molar-refractivity contribution >= 4 is 7.28 Å². The van der Waals surface area contributed by atoms with E-state index in [1.165, 1.54) is 12.8 Å². The predicted octanol–water partition coefficient (Wildman–Crippen LogP) is 1.34. The van der Waals surface area contributed by atoms with E-state index in [2.05, 4.69) is 14.1 Å². The fourth-order valence-corrected chi connectivity index (χ4v) is 1.05. The van der Waals surface area contributed by atoms with Crippen LogP contribution in [-0.2, 0) is 4.74 Å². The van der Waals surface area contributed by atoms with Gasteiger partial charge >= 0.3 is 0 Å². The average Bonchev–Trinajstić information content (AvgIpc) is 1.90. The van der Waals surface area contributed by atoms with Gasteiger partial charge in [0, 0.05) is 13.2 Å². The van der Waals surface area contributed by atoms with Crippen LogP contribution in [0.25, 0.3) is 0 Å². The van der Waals surface area contributed by atoms with Gasteiger partial charge in [-0.15, -0.1) is 0 Å². The van der Waals surface area contributed by atoms with Gasteiger partial charge in [-0.05, 0) is 12.8 Å². The molecule has 0 aromatic rings. The zero-order valence-corrected chi connectivity index (χ0v) is 5.39. The van der Waals surface area contributed by atoms with Gasteiger partial charge in [0.05, 0.1) is 0 Å². The first-order chi connectivity index (χ1) is 3.93. The standard InChI is InChI=1S/C6H12BO/c1-7-6-2-4-8-5-3-6/h6H,2-5H2,1H3. The molecule has 1 radical (unpaired) electrons. The molecule has 1 heterocycles. The molecule has 0 atom stereocenters. The van der Waals surface area contributed by atoms with Crippen LogP contribution in [0.15, 0.2) is 0 Å². The second-order valence-electron chi connectivity index (χ2n) is 2.28. The summed E-state index contributed by atoms with van der Waals surface area (Å²) in [6, 6.07) is 0. The van der Waals surface area contributed by atoms with E-state index in [4.69, 9.17) is 4.74 Å². The molecule has 0 saturated carbocycles. The number of hydrogen-bond donors (Lipinski definition) is 0. The van der Waals surface area contributed by atoms with Gasteiger partial charge in [0.1, 0.15) is 7.28 Å². The molecule has 1 nitrogen and oxygen atoms in total. The Morgan fingerprint density at radius 2 is 2.00 bits per heavy atom. The van der Waals surface area contributed by atoms with Gasteiger partial charge in [0.2, 0.25) is 0 Å². The summed E-state index contributed by atoms with van der Waals surface area (Å²) in [5, 5.41) is 0. The van der Waals surface area contributed by atoms with Crippen molar-refractivity contribution in [3.05, 3.63) is 0 Å². The summed E-state index contributed by atoms with van der Waals surface area (Å²) >= 11 is 0. The Hall–Kier alpha value is 0.0249. The lowest BCUT2D eigenvalue weighted by molar-refractivity contribution is 0.0969. The number of rotatable bonds is 1. The number of ether oxygens (including phenoxy) is 1. The molecule has 0 spiro atoms. The molecular formula is C6H12BO. The Morgan fingerprint density at radius 1 is 1.38 bits per heavy atom. The van der Waals surface area contributed by atoms with Crippen LogP contribution >= 0.6 is 0 Å². The van der Waals surface area contributed by atoms with Crippen molar-refractivity contribution < 1.29 is 4.74 Å². The maximum atomic E-state index is 5.18. The van der Waals surface area contributed by atoms with Crippen molar-refractivity contribution in [2.45, 2.75) is 25.5 Å². The second kappa shape index (κ2) is 3.13. The molecule has 1 rings (SSSR count). The first kappa shape index (κ1) is 6.15. The SMILES string of the molecule is C[B]C1CCOCC1. The largest absolute Gasteiger partial charge is 0.381 e. The molecule has 1 aliphatic heterocycles. The Morgan fingerprint density at radius 3 is 2.38 bits per heavy atom. The minimum Gasteiger partial charge on any atom is -0.381 e. The van der Waals surface area contributed by atoms with Crippen LogP contribution in [0, 0.1) is 0 Å². The Labute approximate surface area is 51.7 Å². The monoisotopic (exact) mass is 111 g/mol. The van der Waals surface area contributed by atoms with Gasteiger partial charge < -0.3 is 4.74 Å². The lowest BCUT2D eigenvalue weighted by Crippen LogP contribution is -2.14. The summed E-state index contributed by atoms with van der Waals surface area (Å²) in [6.07, 6.45) is 2.47. The van der Waals surface area contributed by atoms with E-state index in [1.807, 2.05) is 0 Å². The van der Waals surface area contributed by atoms with Crippen molar-refractivity contribution in [3.63, 3.8) is 0 Å². The van der Waals surface area contributed by atoms with Gasteiger partial charge in [-0.3, -0.25) is 0 Å². The molecule has 0 aromatic carbocycles. The zero-order chi connectivity index (χ0) is 5.82. The molecule has 45 valence electrons. The molecule has 0 unspecified atom stereocenters. The highest BCUT2D eigenvalue weighted by molar-refractivity contribution is 6.35. The third kappa shape index (κ3) is 1.51. The second-order valence-corrected chi connectivity index (χ2v) is 2.28. The van der Waals surface area contributed by atoms with Crippen molar-refractivity contribution in [1.82, 2.24) is 0 Å². The van der Waals surface area contributed by atoms with E-state index in [1.54, 1.807) is 0 Å². The van der Waals surface area contributed by atoms with Crippen LogP contribution < -0.4 is 0 Å². The Kier molecular flexibility index (Phi) is 2.41. The first-order valence-electron chi connectivity index (χ1n) is 3.30. The van der Waals surface area contributed by atoms with Gasteiger partial charge in [0.15, 0.2) is 0 Å². The zero-order valence-electron chi connectivity index (χ0n) is 5.39. The van der Waals surface area contributed by atoms with E-state index in [9.17, 15) is 0 Å². The summed E-state index contributed by atoms with van der Waals surface area (Å²) in [6.45, 7) is 4.07. The quantitative estimate of drug-likeness (QED) is 0.464. The molecule has 8 heavy (non-hydrogen) atoms. The van der Waals surface area contributed by atoms with Crippen LogP contribution in [0.4, 0.5) is 0 Å². The molecule has 0 aliphatic carbocycles. The predicted molar refractivity (Wildman–Crippen MR) is 35.4 cm³/mol. The third-order valence-electron chi connectivity index (χ3n) is 1.74. The van der Waals surface area contributed by atoms with Crippen molar-refractivity contribution in [2.24, 2.45) is 0 Å². The van der Waals surface area contributed by atoms with E-state index in [-0.39, 0.29) is 0 Å². The highest BCUT2D eigenvalue weighted by Crippen LogP contribution is 2.18. The maximum Gasteiger partial charge on any atom is 0.110 e. The smallest absolute Gasteiger partial charge is 0.110 e. The Bertz CT molecular complexity index is 59.5. The molecule has 0 N–H and O–H groups in total. The summed E-state index contributed by atoms with van der Waals surface area (Å²) in [5.74, 6) is 0.837. The molecule has 0 bridgehead atoms. The van der Waals surface area contributed by atoms with Crippen molar-refractivity contribution in [2.75, 3.05) is 13.2 Å². The summed E-state index contributed by atoms with van der Waals surface area (Å²) in [7, 11) is 2.28. The first-order valence-corrected chi connectivity index (χ1v) is 3.30. The van der Waals surface area contributed by atoms with E-state index in [0.29, 0.717) is 0 Å². The van der Waals surface area contributed by atoms with Crippen LogP contribution in [0.3, 0.4) is 0 Å². The Balaban J connectivity index is 2.13. The lowest BCUT2D eigenvalue weighted by atomic mass is 9.63. The van der Waals surface area contributed by atoms with E-state index >= 15 is 0 Å². The van der Waals surface area contributed by atoms with Crippen molar-refractivity contribution in [1.29, 1.82) is 0 Å². The minimum absolute atomic E-state index is 0.837. The average molecular weight is 111 g/mol.